The standard InChI is InChI=1S/C15H24N4O/c1-3-16-13-10(2)15(18-14(17-13)11-6-7-11)19-8-4-5-12(19)9-20/h11-12,20H,3-9H2,1-2H3,(H,16,17,18). The Kier molecular flexibility index (Phi) is 3.78. The van der Waals surface area contributed by atoms with E-state index in [0.29, 0.717) is 5.92 Å². The van der Waals surface area contributed by atoms with Crippen molar-refractivity contribution in [2.24, 2.45) is 0 Å². The first-order valence-corrected chi connectivity index (χ1v) is 7.74. The summed E-state index contributed by atoms with van der Waals surface area (Å²) in [5, 5.41) is 12.9. The largest absolute Gasteiger partial charge is 0.394 e. The summed E-state index contributed by atoms with van der Waals surface area (Å²) in [6, 6.07) is 0.213. The maximum absolute atomic E-state index is 9.55. The summed E-state index contributed by atoms with van der Waals surface area (Å²) in [5.74, 6) is 3.50. The van der Waals surface area contributed by atoms with Gasteiger partial charge in [0.05, 0.1) is 12.6 Å². The molecular weight excluding hydrogens is 252 g/mol. The second-order valence-electron chi connectivity index (χ2n) is 5.86. The highest BCUT2D eigenvalue weighted by Crippen LogP contribution is 2.40. The van der Waals surface area contributed by atoms with E-state index in [1.807, 2.05) is 0 Å². The van der Waals surface area contributed by atoms with Crippen LogP contribution in [0.1, 0.15) is 49.9 Å². The molecular formula is C15H24N4O. The summed E-state index contributed by atoms with van der Waals surface area (Å²) in [5.41, 5.74) is 1.11. The summed E-state index contributed by atoms with van der Waals surface area (Å²) >= 11 is 0. The van der Waals surface area contributed by atoms with Crippen LogP contribution in [0.25, 0.3) is 0 Å². The topological polar surface area (TPSA) is 61.3 Å². The minimum Gasteiger partial charge on any atom is -0.394 e. The van der Waals surface area contributed by atoms with Crippen LogP contribution >= 0.6 is 0 Å². The molecule has 2 N–H and O–H groups in total. The Labute approximate surface area is 120 Å². The monoisotopic (exact) mass is 276 g/mol. The Balaban J connectivity index is 1.99. The fourth-order valence-corrected chi connectivity index (χ4v) is 2.97. The zero-order chi connectivity index (χ0) is 14.1. The normalized spacial score (nSPS) is 22.4. The van der Waals surface area contributed by atoms with Crippen molar-refractivity contribution in [3.05, 3.63) is 11.4 Å². The number of aliphatic hydroxyl groups is 1. The van der Waals surface area contributed by atoms with Crippen LogP contribution in [0.2, 0.25) is 0 Å². The lowest BCUT2D eigenvalue weighted by Gasteiger charge is -2.27. The SMILES string of the molecule is CCNc1nc(C2CC2)nc(N2CCCC2CO)c1C. The van der Waals surface area contributed by atoms with Crippen molar-refractivity contribution in [2.45, 2.75) is 51.5 Å². The van der Waals surface area contributed by atoms with E-state index in [0.717, 1.165) is 49.0 Å². The number of rotatable bonds is 5. The van der Waals surface area contributed by atoms with Crippen LogP contribution in [0.5, 0.6) is 0 Å². The van der Waals surface area contributed by atoms with E-state index in [9.17, 15) is 5.11 Å². The minimum atomic E-state index is 0.207. The third kappa shape index (κ3) is 2.46. The molecule has 5 heteroatoms. The van der Waals surface area contributed by atoms with Crippen molar-refractivity contribution in [3.63, 3.8) is 0 Å². The second kappa shape index (κ2) is 5.56. The average Bonchev–Trinajstić information content (AvgIpc) is 3.19. The molecule has 2 heterocycles. The number of aliphatic hydroxyl groups excluding tert-OH is 1. The van der Waals surface area contributed by atoms with Crippen molar-refractivity contribution >= 4 is 11.6 Å². The van der Waals surface area contributed by atoms with Gasteiger partial charge in [0.25, 0.3) is 0 Å². The van der Waals surface area contributed by atoms with Crippen LogP contribution in [0.15, 0.2) is 0 Å². The van der Waals surface area contributed by atoms with E-state index in [-0.39, 0.29) is 12.6 Å². The number of hydrogen-bond acceptors (Lipinski definition) is 5. The molecule has 0 radical (unpaired) electrons. The van der Waals surface area contributed by atoms with Gasteiger partial charge in [-0.25, -0.2) is 9.97 Å². The maximum atomic E-state index is 9.55. The first kappa shape index (κ1) is 13.6. The third-order valence-corrected chi connectivity index (χ3v) is 4.28. The maximum Gasteiger partial charge on any atom is 0.137 e. The zero-order valence-electron chi connectivity index (χ0n) is 12.4. The van der Waals surface area contributed by atoms with Crippen LogP contribution in [-0.4, -0.2) is 40.8 Å². The van der Waals surface area contributed by atoms with Gasteiger partial charge in [-0.3, -0.25) is 0 Å². The zero-order valence-corrected chi connectivity index (χ0v) is 12.4. The van der Waals surface area contributed by atoms with Crippen LogP contribution in [0.4, 0.5) is 11.6 Å². The molecule has 1 saturated heterocycles. The van der Waals surface area contributed by atoms with Gasteiger partial charge in [-0.05, 0) is 39.5 Å². The van der Waals surface area contributed by atoms with Crippen LogP contribution in [-0.2, 0) is 0 Å². The van der Waals surface area contributed by atoms with E-state index in [1.54, 1.807) is 0 Å². The van der Waals surface area contributed by atoms with Crippen LogP contribution in [0, 0.1) is 6.92 Å². The highest BCUT2D eigenvalue weighted by Gasteiger charge is 2.31. The Morgan fingerprint density at radius 2 is 2.10 bits per heavy atom. The fraction of sp³-hybridized carbons (Fsp3) is 0.733. The molecule has 5 nitrogen and oxygen atoms in total. The Morgan fingerprint density at radius 1 is 1.30 bits per heavy atom. The lowest BCUT2D eigenvalue weighted by atomic mass is 10.2. The number of hydrogen-bond donors (Lipinski definition) is 2. The van der Waals surface area contributed by atoms with Gasteiger partial charge in [0.1, 0.15) is 17.5 Å². The fourth-order valence-electron chi connectivity index (χ4n) is 2.97. The summed E-state index contributed by atoms with van der Waals surface area (Å²) in [4.78, 5) is 11.8. The molecule has 3 rings (SSSR count). The van der Waals surface area contributed by atoms with Gasteiger partial charge in [-0.15, -0.1) is 0 Å². The molecule has 2 aliphatic rings. The summed E-state index contributed by atoms with van der Waals surface area (Å²) in [7, 11) is 0. The predicted molar refractivity (Wildman–Crippen MR) is 80.4 cm³/mol. The highest BCUT2D eigenvalue weighted by molar-refractivity contribution is 5.60. The lowest BCUT2D eigenvalue weighted by Crippen LogP contribution is -2.33. The molecule has 1 saturated carbocycles. The number of nitrogens with one attached hydrogen (secondary N) is 1. The van der Waals surface area contributed by atoms with Gasteiger partial charge >= 0.3 is 0 Å². The van der Waals surface area contributed by atoms with Crippen molar-refractivity contribution in [3.8, 4) is 0 Å². The smallest absolute Gasteiger partial charge is 0.137 e. The molecule has 2 fully saturated rings. The second-order valence-corrected chi connectivity index (χ2v) is 5.86. The Morgan fingerprint density at radius 3 is 2.75 bits per heavy atom. The van der Waals surface area contributed by atoms with Crippen LogP contribution < -0.4 is 10.2 Å². The molecule has 1 atom stereocenters. The predicted octanol–water partition coefficient (Wildman–Crippen LogP) is 2.06. The molecule has 0 aromatic carbocycles. The minimum absolute atomic E-state index is 0.207. The van der Waals surface area contributed by atoms with E-state index in [2.05, 4.69) is 24.1 Å². The van der Waals surface area contributed by atoms with E-state index in [1.165, 1.54) is 12.8 Å². The van der Waals surface area contributed by atoms with E-state index >= 15 is 0 Å². The molecule has 110 valence electrons. The van der Waals surface area contributed by atoms with Crippen LogP contribution in [0.3, 0.4) is 0 Å². The first-order valence-electron chi connectivity index (χ1n) is 7.74. The van der Waals surface area contributed by atoms with Gasteiger partial charge in [-0.1, -0.05) is 0 Å². The molecule has 1 unspecified atom stereocenters. The third-order valence-electron chi connectivity index (χ3n) is 4.28. The molecule has 0 bridgehead atoms. The van der Waals surface area contributed by atoms with Gasteiger partial charge in [0.2, 0.25) is 0 Å². The van der Waals surface area contributed by atoms with E-state index < -0.39 is 0 Å². The van der Waals surface area contributed by atoms with Crippen molar-refractivity contribution in [1.29, 1.82) is 0 Å². The number of aromatic nitrogens is 2. The summed E-state index contributed by atoms with van der Waals surface area (Å²) < 4.78 is 0. The van der Waals surface area contributed by atoms with Crippen molar-refractivity contribution in [1.82, 2.24) is 9.97 Å². The quantitative estimate of drug-likeness (QED) is 0.862. The first-order chi connectivity index (χ1) is 9.74. The molecule has 0 spiro atoms. The molecule has 1 aliphatic carbocycles. The highest BCUT2D eigenvalue weighted by atomic mass is 16.3. The Hall–Kier alpha value is -1.36. The van der Waals surface area contributed by atoms with Crippen molar-refractivity contribution < 1.29 is 5.11 Å². The lowest BCUT2D eigenvalue weighted by molar-refractivity contribution is 0.266. The molecule has 0 amide bonds. The van der Waals surface area contributed by atoms with Gasteiger partial charge in [-0.2, -0.15) is 0 Å². The summed E-state index contributed by atoms with van der Waals surface area (Å²) in [6.45, 7) is 6.23. The Bertz CT molecular complexity index is 487. The average molecular weight is 276 g/mol. The van der Waals surface area contributed by atoms with Gasteiger partial charge < -0.3 is 15.3 Å². The summed E-state index contributed by atoms with van der Waals surface area (Å²) in [6.07, 6.45) is 4.59. The molecule has 1 aliphatic heterocycles. The van der Waals surface area contributed by atoms with E-state index in [4.69, 9.17) is 9.97 Å². The molecule has 1 aromatic heterocycles. The number of nitrogens with zero attached hydrogens (tertiary/aromatic N) is 3. The van der Waals surface area contributed by atoms with Gasteiger partial charge in [0, 0.05) is 24.6 Å². The number of anilines is 2. The molecule has 1 aromatic rings. The van der Waals surface area contributed by atoms with Gasteiger partial charge in [0.15, 0.2) is 0 Å². The van der Waals surface area contributed by atoms with Crippen molar-refractivity contribution in [2.75, 3.05) is 29.9 Å². The molecule has 20 heavy (non-hydrogen) atoms.